The maximum absolute atomic E-state index is 12.0. The number of carbonyl (C=O) groups is 1. The number of allylic oxidation sites excluding steroid dienone is 3. The molecule has 3 N–H and O–H groups in total. The minimum absolute atomic E-state index is 0.00196. The number of amides is 1. The predicted octanol–water partition coefficient (Wildman–Crippen LogP) is 2.36. The average Bonchev–Trinajstić information content (AvgIpc) is 2.95. The Labute approximate surface area is 134 Å². The summed E-state index contributed by atoms with van der Waals surface area (Å²) in [6, 6.07) is 6.93. The fraction of sp³-hybridized carbons (Fsp3) is 0.235. The van der Waals surface area contributed by atoms with Crippen molar-refractivity contribution in [2.24, 2.45) is 5.73 Å². The third-order valence-electron chi connectivity index (χ3n) is 3.65. The lowest BCUT2D eigenvalue weighted by molar-refractivity contribution is 0.0806. The molecule has 0 spiro atoms. The van der Waals surface area contributed by atoms with Crippen LogP contribution in [0.3, 0.4) is 0 Å². The Bertz CT molecular complexity index is 664. The average molecular weight is 312 g/mol. The van der Waals surface area contributed by atoms with E-state index in [1.165, 1.54) is 0 Å². The van der Waals surface area contributed by atoms with Crippen molar-refractivity contribution in [2.75, 3.05) is 18.1 Å². The number of hydrogen-bond acceptors (Lipinski definition) is 4. The maximum atomic E-state index is 12.0. The van der Waals surface area contributed by atoms with Crippen LogP contribution in [-0.4, -0.2) is 31.2 Å². The van der Waals surface area contributed by atoms with Crippen LogP contribution < -0.4 is 10.6 Å². The van der Waals surface area contributed by atoms with Crippen LogP contribution in [0.2, 0.25) is 0 Å². The van der Waals surface area contributed by atoms with E-state index in [4.69, 9.17) is 20.6 Å². The highest BCUT2D eigenvalue weighted by atomic mass is 16.6. The molecule has 1 fully saturated rings. The zero-order valence-electron chi connectivity index (χ0n) is 12.6. The summed E-state index contributed by atoms with van der Waals surface area (Å²) in [7, 11) is 0. The highest BCUT2D eigenvalue weighted by Crippen LogP contribution is 2.23. The molecule has 1 aromatic rings. The van der Waals surface area contributed by atoms with Crippen molar-refractivity contribution in [3.05, 3.63) is 60.2 Å². The molecule has 1 unspecified atom stereocenters. The first-order valence-corrected chi connectivity index (χ1v) is 7.39. The molecule has 0 bridgehead atoms. The molecule has 1 aliphatic heterocycles. The number of cyclic esters (lactones) is 1. The lowest BCUT2D eigenvalue weighted by atomic mass is 10.2. The smallest absolute Gasteiger partial charge is 0.414 e. The normalized spacial score (nSPS) is 20.2. The van der Waals surface area contributed by atoms with Crippen molar-refractivity contribution < 1.29 is 14.3 Å². The van der Waals surface area contributed by atoms with Crippen molar-refractivity contribution in [2.45, 2.75) is 12.5 Å². The molecule has 0 aromatic heterocycles. The van der Waals surface area contributed by atoms with Crippen molar-refractivity contribution in [3.8, 4) is 0 Å². The second kappa shape index (κ2) is 6.56. The Balaban J connectivity index is 1.59. The number of carbonyl (C=O) groups excluding carboxylic acids is 1. The van der Waals surface area contributed by atoms with Crippen molar-refractivity contribution in [3.63, 3.8) is 0 Å². The third kappa shape index (κ3) is 3.53. The predicted molar refractivity (Wildman–Crippen MR) is 87.2 cm³/mol. The SMILES string of the molecule is N=C(N)c1ccc(N2CC(COC3=CC[CH]C=C3)OC2=O)cc1. The van der Waals surface area contributed by atoms with Crippen molar-refractivity contribution >= 4 is 17.6 Å². The van der Waals surface area contributed by atoms with Crippen LogP contribution in [-0.2, 0) is 9.47 Å². The summed E-state index contributed by atoms with van der Waals surface area (Å²) in [5.41, 5.74) is 6.76. The van der Waals surface area contributed by atoms with E-state index in [9.17, 15) is 4.79 Å². The zero-order chi connectivity index (χ0) is 16.2. The molecule has 2 aliphatic rings. The first kappa shape index (κ1) is 15.1. The number of anilines is 1. The summed E-state index contributed by atoms with van der Waals surface area (Å²) in [6.07, 6.45) is 8.00. The fourth-order valence-corrected chi connectivity index (χ4v) is 2.43. The molecule has 1 saturated heterocycles. The van der Waals surface area contributed by atoms with Gasteiger partial charge in [0.2, 0.25) is 0 Å². The zero-order valence-corrected chi connectivity index (χ0v) is 12.6. The minimum atomic E-state index is -0.393. The van der Waals surface area contributed by atoms with E-state index >= 15 is 0 Å². The molecule has 1 amide bonds. The van der Waals surface area contributed by atoms with Crippen LogP contribution >= 0.6 is 0 Å². The van der Waals surface area contributed by atoms with E-state index in [0.29, 0.717) is 24.4 Å². The van der Waals surface area contributed by atoms with Gasteiger partial charge in [0.15, 0.2) is 6.10 Å². The standard InChI is InChI=1S/C17H18N3O3/c18-16(19)12-6-8-13(9-7-12)20-10-15(23-17(20)21)11-22-14-4-2-1-3-5-14/h1-2,4-9,15H,3,10-11H2,(H3,18,19). The van der Waals surface area contributed by atoms with E-state index in [0.717, 1.165) is 12.2 Å². The number of nitrogens with zero attached hydrogens (tertiary/aromatic N) is 1. The molecule has 3 rings (SSSR count). The summed E-state index contributed by atoms with van der Waals surface area (Å²) in [4.78, 5) is 13.6. The molecule has 6 heteroatoms. The van der Waals surface area contributed by atoms with Gasteiger partial charge in [0.25, 0.3) is 0 Å². The van der Waals surface area contributed by atoms with Gasteiger partial charge in [0.1, 0.15) is 18.2 Å². The monoisotopic (exact) mass is 312 g/mol. The molecule has 1 aromatic carbocycles. The van der Waals surface area contributed by atoms with E-state index in [1.54, 1.807) is 29.2 Å². The minimum Gasteiger partial charge on any atom is -0.490 e. The second-order valence-electron chi connectivity index (χ2n) is 5.32. The van der Waals surface area contributed by atoms with Gasteiger partial charge in [-0.15, -0.1) is 0 Å². The molecule has 1 radical (unpaired) electrons. The van der Waals surface area contributed by atoms with Crippen LogP contribution in [0.15, 0.2) is 48.3 Å². The molecule has 119 valence electrons. The van der Waals surface area contributed by atoms with E-state index in [1.807, 2.05) is 24.6 Å². The number of nitrogens with one attached hydrogen (secondary N) is 1. The van der Waals surface area contributed by atoms with Crippen LogP contribution in [0.5, 0.6) is 0 Å². The summed E-state index contributed by atoms with van der Waals surface area (Å²) >= 11 is 0. The van der Waals surface area contributed by atoms with E-state index in [-0.39, 0.29) is 11.9 Å². The molecule has 1 heterocycles. The van der Waals surface area contributed by atoms with Gasteiger partial charge < -0.3 is 15.2 Å². The van der Waals surface area contributed by atoms with Gasteiger partial charge in [-0.2, -0.15) is 0 Å². The molecule has 6 nitrogen and oxygen atoms in total. The lowest BCUT2D eigenvalue weighted by Crippen LogP contribution is -2.26. The first-order valence-electron chi connectivity index (χ1n) is 7.39. The number of hydrogen-bond donors (Lipinski definition) is 2. The summed E-state index contributed by atoms with van der Waals surface area (Å²) in [5.74, 6) is 0.797. The highest BCUT2D eigenvalue weighted by Gasteiger charge is 2.32. The number of benzene rings is 1. The van der Waals surface area contributed by atoms with Crippen molar-refractivity contribution in [1.29, 1.82) is 5.41 Å². The molecule has 1 aliphatic carbocycles. The molecule has 0 saturated carbocycles. The van der Waals surface area contributed by atoms with E-state index in [2.05, 4.69) is 0 Å². The van der Waals surface area contributed by atoms with Crippen LogP contribution in [0.4, 0.5) is 10.5 Å². The largest absolute Gasteiger partial charge is 0.490 e. The number of rotatable bonds is 5. The van der Waals surface area contributed by atoms with Gasteiger partial charge in [-0.1, -0.05) is 6.08 Å². The number of ether oxygens (including phenoxy) is 2. The summed E-state index contributed by atoms with van der Waals surface area (Å²) in [6.45, 7) is 0.755. The van der Waals surface area contributed by atoms with Gasteiger partial charge in [0.05, 0.1) is 6.54 Å². The van der Waals surface area contributed by atoms with E-state index < -0.39 is 6.09 Å². The number of nitrogen functional groups attached to an aromatic ring is 1. The van der Waals surface area contributed by atoms with Gasteiger partial charge in [-0.05, 0) is 49.3 Å². The highest BCUT2D eigenvalue weighted by molar-refractivity contribution is 5.96. The number of amidine groups is 1. The summed E-state index contributed by atoms with van der Waals surface area (Å²) < 4.78 is 11.0. The molecular weight excluding hydrogens is 294 g/mol. The van der Waals surface area contributed by atoms with Gasteiger partial charge in [0, 0.05) is 11.3 Å². The molecular formula is C17H18N3O3. The Kier molecular flexibility index (Phi) is 4.32. The summed E-state index contributed by atoms with van der Waals surface area (Å²) in [5, 5.41) is 7.38. The molecule has 23 heavy (non-hydrogen) atoms. The van der Waals surface area contributed by atoms with Crippen molar-refractivity contribution in [1.82, 2.24) is 0 Å². The second-order valence-corrected chi connectivity index (χ2v) is 5.32. The lowest BCUT2D eigenvalue weighted by Gasteiger charge is -2.14. The Morgan fingerprint density at radius 1 is 1.39 bits per heavy atom. The number of nitrogens with two attached hydrogens (primary N) is 1. The maximum Gasteiger partial charge on any atom is 0.414 e. The Hall–Kier alpha value is -2.76. The quantitative estimate of drug-likeness (QED) is 0.645. The Morgan fingerprint density at radius 2 is 2.17 bits per heavy atom. The Morgan fingerprint density at radius 3 is 2.83 bits per heavy atom. The topological polar surface area (TPSA) is 88.6 Å². The fourth-order valence-electron chi connectivity index (χ4n) is 2.43. The van der Waals surface area contributed by atoms with Crippen LogP contribution in [0, 0.1) is 11.8 Å². The first-order chi connectivity index (χ1) is 11.1. The van der Waals surface area contributed by atoms with Gasteiger partial charge in [-0.25, -0.2) is 4.79 Å². The van der Waals surface area contributed by atoms with Crippen LogP contribution in [0.1, 0.15) is 12.0 Å². The van der Waals surface area contributed by atoms with Crippen LogP contribution in [0.25, 0.3) is 0 Å². The van der Waals surface area contributed by atoms with Gasteiger partial charge in [-0.3, -0.25) is 10.3 Å². The van der Waals surface area contributed by atoms with Gasteiger partial charge >= 0.3 is 6.09 Å². The molecule has 1 atom stereocenters. The third-order valence-corrected chi connectivity index (χ3v) is 3.65.